The fraction of sp³-hybridized carbons (Fsp3) is 0.333. The maximum absolute atomic E-state index is 13.0. The van der Waals surface area contributed by atoms with E-state index in [4.69, 9.17) is 0 Å². The normalized spacial score (nSPS) is 14.7. The largest absolute Gasteiger partial charge is 0.324 e. The Hall–Kier alpha value is -2.67. The summed E-state index contributed by atoms with van der Waals surface area (Å²) in [5.41, 5.74) is 4.05. The number of anilines is 1. The minimum absolute atomic E-state index is 0.0508. The molecule has 1 aliphatic rings. The lowest BCUT2D eigenvalue weighted by Crippen LogP contribution is -2.45. The number of carbonyl (C=O) groups is 2. The molecule has 2 aromatic rings. The van der Waals surface area contributed by atoms with Gasteiger partial charge in [0, 0.05) is 24.1 Å². The summed E-state index contributed by atoms with van der Waals surface area (Å²) in [6.07, 6.45) is 1.18. The van der Waals surface area contributed by atoms with Crippen molar-refractivity contribution in [3.8, 4) is 0 Å². The molecule has 0 saturated carbocycles. The monoisotopic (exact) mass is 400 g/mol. The molecule has 0 bridgehead atoms. The topological polar surface area (TPSA) is 83.6 Å². The smallest absolute Gasteiger partial charge is 0.255 e. The molecule has 1 atom stereocenters. The van der Waals surface area contributed by atoms with Crippen LogP contribution < -0.4 is 5.32 Å². The van der Waals surface area contributed by atoms with Gasteiger partial charge in [-0.1, -0.05) is 24.3 Å². The van der Waals surface area contributed by atoms with E-state index < -0.39 is 15.9 Å². The average molecular weight is 401 g/mol. The van der Waals surface area contributed by atoms with Gasteiger partial charge in [-0.25, -0.2) is 8.42 Å². The van der Waals surface area contributed by atoms with Crippen LogP contribution in [0.2, 0.25) is 0 Å². The van der Waals surface area contributed by atoms with Gasteiger partial charge in [0.15, 0.2) is 0 Å². The Balaban J connectivity index is 1.86. The highest BCUT2D eigenvalue weighted by atomic mass is 32.2. The van der Waals surface area contributed by atoms with E-state index in [2.05, 4.69) is 5.32 Å². The van der Waals surface area contributed by atoms with Crippen LogP contribution in [0, 0.1) is 13.8 Å². The van der Waals surface area contributed by atoms with E-state index in [1.54, 1.807) is 12.1 Å². The highest BCUT2D eigenvalue weighted by Crippen LogP contribution is 2.26. The molecule has 28 heavy (non-hydrogen) atoms. The predicted molar refractivity (Wildman–Crippen MR) is 109 cm³/mol. The molecule has 0 saturated heterocycles. The van der Waals surface area contributed by atoms with E-state index in [1.807, 2.05) is 44.2 Å². The SMILES string of the molecule is Cc1cc(C)cc(NC(=O)[C@@H](CCS(C)(=O)=O)N2Cc3ccccc3C2=O)c1. The quantitative estimate of drug-likeness (QED) is 0.808. The van der Waals surface area contributed by atoms with Crippen LogP contribution in [0.25, 0.3) is 0 Å². The molecule has 6 nitrogen and oxygen atoms in total. The summed E-state index contributed by atoms with van der Waals surface area (Å²) in [6, 6.07) is 12.0. The molecule has 0 radical (unpaired) electrons. The summed E-state index contributed by atoms with van der Waals surface area (Å²) in [4.78, 5) is 27.3. The number of sulfone groups is 1. The number of nitrogens with one attached hydrogen (secondary N) is 1. The van der Waals surface area contributed by atoms with E-state index >= 15 is 0 Å². The fourth-order valence-electron chi connectivity index (χ4n) is 3.56. The molecule has 3 rings (SSSR count). The molecule has 0 aromatic heterocycles. The van der Waals surface area contributed by atoms with E-state index in [9.17, 15) is 18.0 Å². The Morgan fingerprint density at radius 3 is 2.39 bits per heavy atom. The number of aryl methyl sites for hydroxylation is 2. The molecule has 2 amide bonds. The molecule has 0 spiro atoms. The van der Waals surface area contributed by atoms with Crippen LogP contribution in [-0.4, -0.2) is 43.2 Å². The number of amides is 2. The van der Waals surface area contributed by atoms with Gasteiger partial charge < -0.3 is 10.2 Å². The zero-order chi connectivity index (χ0) is 20.5. The van der Waals surface area contributed by atoms with Gasteiger partial charge in [0.25, 0.3) is 5.91 Å². The zero-order valence-corrected chi connectivity index (χ0v) is 17.0. The van der Waals surface area contributed by atoms with Crippen LogP contribution >= 0.6 is 0 Å². The molecule has 0 unspecified atom stereocenters. The molecule has 1 N–H and O–H groups in total. The highest BCUT2D eigenvalue weighted by molar-refractivity contribution is 7.90. The zero-order valence-electron chi connectivity index (χ0n) is 16.2. The van der Waals surface area contributed by atoms with Gasteiger partial charge in [-0.2, -0.15) is 0 Å². The molecule has 0 aliphatic carbocycles. The Bertz CT molecular complexity index is 1010. The molecule has 2 aromatic carbocycles. The van der Waals surface area contributed by atoms with Crippen molar-refractivity contribution in [1.82, 2.24) is 4.90 Å². The van der Waals surface area contributed by atoms with Crippen LogP contribution in [0.4, 0.5) is 5.69 Å². The van der Waals surface area contributed by atoms with Crippen molar-refractivity contribution in [3.05, 3.63) is 64.7 Å². The van der Waals surface area contributed by atoms with Crippen LogP contribution in [0.5, 0.6) is 0 Å². The standard InChI is InChI=1S/C21H24N2O4S/c1-14-10-15(2)12-17(11-14)22-20(24)19(8-9-28(3,26)27)23-13-16-6-4-5-7-18(16)21(23)25/h4-7,10-12,19H,8-9,13H2,1-3H3,(H,22,24)/t19-/m1/s1. The number of carbonyl (C=O) groups excluding carboxylic acids is 2. The van der Waals surface area contributed by atoms with Crippen molar-refractivity contribution in [2.45, 2.75) is 32.9 Å². The molecule has 148 valence electrons. The predicted octanol–water partition coefficient (Wildman–Crippen LogP) is 2.70. The molecule has 0 fully saturated rings. The van der Waals surface area contributed by atoms with Gasteiger partial charge >= 0.3 is 0 Å². The second kappa shape index (κ2) is 7.75. The summed E-state index contributed by atoms with van der Waals surface area (Å²) >= 11 is 0. The summed E-state index contributed by atoms with van der Waals surface area (Å²) in [7, 11) is -3.27. The molecular formula is C21H24N2O4S. The van der Waals surface area contributed by atoms with Crippen molar-refractivity contribution in [3.63, 3.8) is 0 Å². The molecule has 1 aliphatic heterocycles. The van der Waals surface area contributed by atoms with Gasteiger partial charge in [-0.3, -0.25) is 9.59 Å². The minimum atomic E-state index is -3.27. The van der Waals surface area contributed by atoms with Crippen molar-refractivity contribution in [2.75, 3.05) is 17.3 Å². The Kier molecular flexibility index (Phi) is 5.56. The summed E-state index contributed by atoms with van der Waals surface area (Å²) in [5, 5.41) is 2.86. The number of fused-ring (bicyclic) bond motifs is 1. The van der Waals surface area contributed by atoms with Gasteiger partial charge in [-0.05, 0) is 55.2 Å². The first-order valence-electron chi connectivity index (χ1n) is 9.10. The molecule has 7 heteroatoms. The molecule has 1 heterocycles. The second-order valence-electron chi connectivity index (χ2n) is 7.39. The second-order valence-corrected chi connectivity index (χ2v) is 9.65. The summed E-state index contributed by atoms with van der Waals surface area (Å²) in [5.74, 6) is -0.794. The number of nitrogens with zero attached hydrogens (tertiary/aromatic N) is 1. The third-order valence-electron chi connectivity index (χ3n) is 4.78. The first-order chi connectivity index (χ1) is 13.1. The van der Waals surface area contributed by atoms with Crippen LogP contribution in [0.1, 0.15) is 33.5 Å². The number of hydrogen-bond donors (Lipinski definition) is 1. The maximum atomic E-state index is 13.0. The number of hydrogen-bond acceptors (Lipinski definition) is 4. The van der Waals surface area contributed by atoms with Crippen LogP contribution in [-0.2, 0) is 21.2 Å². The molecular weight excluding hydrogens is 376 g/mol. The van der Waals surface area contributed by atoms with Gasteiger partial charge in [-0.15, -0.1) is 0 Å². The summed E-state index contributed by atoms with van der Waals surface area (Å²) in [6.45, 7) is 4.17. The third-order valence-corrected chi connectivity index (χ3v) is 5.76. The van der Waals surface area contributed by atoms with E-state index in [1.165, 1.54) is 4.90 Å². The lowest BCUT2D eigenvalue weighted by molar-refractivity contribution is -0.120. The van der Waals surface area contributed by atoms with Crippen molar-refractivity contribution >= 4 is 27.3 Å². The van der Waals surface area contributed by atoms with E-state index in [0.29, 0.717) is 17.8 Å². The minimum Gasteiger partial charge on any atom is -0.324 e. The van der Waals surface area contributed by atoms with Gasteiger partial charge in [0.05, 0.1) is 5.75 Å². The first kappa shape index (κ1) is 20.1. The Labute approximate surface area is 165 Å². The van der Waals surface area contributed by atoms with Gasteiger partial charge in [0.2, 0.25) is 5.91 Å². The third kappa shape index (κ3) is 4.59. The van der Waals surface area contributed by atoms with Crippen LogP contribution in [0.3, 0.4) is 0 Å². The number of rotatable bonds is 6. The van der Waals surface area contributed by atoms with Crippen LogP contribution in [0.15, 0.2) is 42.5 Å². The van der Waals surface area contributed by atoms with Crippen molar-refractivity contribution < 1.29 is 18.0 Å². The van der Waals surface area contributed by atoms with Crippen molar-refractivity contribution in [1.29, 1.82) is 0 Å². The first-order valence-corrected chi connectivity index (χ1v) is 11.2. The van der Waals surface area contributed by atoms with E-state index in [-0.39, 0.29) is 24.0 Å². The lowest BCUT2D eigenvalue weighted by Gasteiger charge is -2.27. The fourth-order valence-corrected chi connectivity index (χ4v) is 4.21. The van der Waals surface area contributed by atoms with Gasteiger partial charge in [0.1, 0.15) is 15.9 Å². The summed E-state index contributed by atoms with van der Waals surface area (Å²) < 4.78 is 23.4. The maximum Gasteiger partial charge on any atom is 0.255 e. The Morgan fingerprint density at radius 2 is 1.79 bits per heavy atom. The highest BCUT2D eigenvalue weighted by Gasteiger charge is 2.36. The lowest BCUT2D eigenvalue weighted by atomic mass is 10.1. The van der Waals surface area contributed by atoms with Crippen molar-refractivity contribution in [2.24, 2.45) is 0 Å². The Morgan fingerprint density at radius 1 is 1.14 bits per heavy atom. The number of benzene rings is 2. The van der Waals surface area contributed by atoms with E-state index in [0.717, 1.165) is 22.9 Å². The average Bonchev–Trinajstić information content (AvgIpc) is 2.90.